The third-order valence-corrected chi connectivity index (χ3v) is 5.85. The van der Waals surface area contributed by atoms with Gasteiger partial charge >= 0.3 is 0 Å². The normalized spacial score (nSPS) is 29.2. The van der Waals surface area contributed by atoms with E-state index in [4.69, 9.17) is 0 Å². The minimum atomic E-state index is -0.271. The molecule has 3 aliphatic carbocycles. The number of hydrogen-bond donors (Lipinski definition) is 0. The van der Waals surface area contributed by atoms with Gasteiger partial charge in [0.2, 0.25) is 11.8 Å². The highest BCUT2D eigenvalue weighted by Crippen LogP contribution is 2.60. The first kappa shape index (κ1) is 13.7. The van der Waals surface area contributed by atoms with Crippen LogP contribution in [0.4, 0.5) is 0 Å². The van der Waals surface area contributed by atoms with E-state index < -0.39 is 0 Å². The summed E-state index contributed by atoms with van der Waals surface area (Å²) in [6, 6.07) is 16.6. The molecule has 1 fully saturated rings. The predicted octanol–water partition coefficient (Wildman–Crippen LogP) is 3.06. The van der Waals surface area contributed by atoms with Crippen LogP contribution in [0, 0.1) is 11.8 Å². The van der Waals surface area contributed by atoms with Crippen molar-refractivity contribution in [1.29, 1.82) is 0 Å². The highest BCUT2D eigenvalue weighted by molar-refractivity contribution is 6.07. The van der Waals surface area contributed by atoms with E-state index in [1.807, 2.05) is 24.3 Å². The molecular formula is C21H17NO2. The van der Waals surface area contributed by atoms with E-state index >= 15 is 0 Å². The summed E-state index contributed by atoms with van der Waals surface area (Å²) in [5.41, 5.74) is 4.85. The quantitative estimate of drug-likeness (QED) is 0.631. The molecule has 0 N–H and O–H groups in total. The topological polar surface area (TPSA) is 37.4 Å². The molecular weight excluding hydrogens is 298 g/mol. The van der Waals surface area contributed by atoms with Crippen LogP contribution in [-0.2, 0) is 9.59 Å². The van der Waals surface area contributed by atoms with Gasteiger partial charge in [0.05, 0.1) is 11.8 Å². The zero-order chi connectivity index (χ0) is 16.4. The smallest absolute Gasteiger partial charge is 0.234 e. The van der Waals surface area contributed by atoms with E-state index in [1.54, 1.807) is 6.08 Å². The monoisotopic (exact) mass is 315 g/mol. The number of likely N-dealkylation sites (tertiary alicyclic amines) is 1. The maximum absolute atomic E-state index is 13.0. The van der Waals surface area contributed by atoms with Gasteiger partial charge in [-0.3, -0.25) is 14.5 Å². The molecule has 0 unspecified atom stereocenters. The van der Waals surface area contributed by atoms with Gasteiger partial charge in [0.1, 0.15) is 0 Å². The van der Waals surface area contributed by atoms with Crippen LogP contribution in [-0.4, -0.2) is 23.3 Å². The standard InChI is InChI=1S/C21H17NO2/c1-2-11-22-20(23)18-16-12-7-3-4-8-13(12)17(19(18)21(22)24)15-10-6-5-9-14(15)16/h2-10,16-19H,1,11H2/t16?,17?,18-,19-/m0/s1. The summed E-state index contributed by atoms with van der Waals surface area (Å²) < 4.78 is 0. The largest absolute Gasteiger partial charge is 0.278 e. The van der Waals surface area contributed by atoms with Crippen LogP contribution in [0.1, 0.15) is 34.1 Å². The first-order chi connectivity index (χ1) is 11.7. The summed E-state index contributed by atoms with van der Waals surface area (Å²) in [4.78, 5) is 27.4. The van der Waals surface area contributed by atoms with Gasteiger partial charge in [0.25, 0.3) is 0 Å². The molecule has 0 aromatic heterocycles. The van der Waals surface area contributed by atoms with Crippen molar-refractivity contribution < 1.29 is 9.59 Å². The number of carbonyl (C=O) groups excluding carboxylic acids is 2. The fraction of sp³-hybridized carbons (Fsp3) is 0.238. The van der Waals surface area contributed by atoms with Gasteiger partial charge in [0, 0.05) is 18.4 Å². The molecule has 2 amide bonds. The van der Waals surface area contributed by atoms with Crippen molar-refractivity contribution in [1.82, 2.24) is 4.90 Å². The number of nitrogens with zero attached hydrogens (tertiary/aromatic N) is 1. The van der Waals surface area contributed by atoms with E-state index in [1.165, 1.54) is 27.2 Å². The molecule has 2 aromatic carbocycles. The lowest BCUT2D eigenvalue weighted by atomic mass is 9.55. The molecule has 2 bridgehead atoms. The Bertz CT molecular complexity index is 785. The summed E-state index contributed by atoms with van der Waals surface area (Å²) in [5.74, 6) is -0.648. The van der Waals surface area contributed by atoms with Crippen LogP contribution < -0.4 is 0 Å². The van der Waals surface area contributed by atoms with Gasteiger partial charge in [-0.15, -0.1) is 6.58 Å². The van der Waals surface area contributed by atoms with E-state index in [9.17, 15) is 9.59 Å². The van der Waals surface area contributed by atoms with Gasteiger partial charge < -0.3 is 0 Å². The second kappa shape index (κ2) is 4.67. The first-order valence-corrected chi connectivity index (χ1v) is 8.37. The second-order valence-corrected chi connectivity index (χ2v) is 6.84. The average Bonchev–Trinajstić information content (AvgIpc) is 2.88. The molecule has 4 aliphatic rings. The molecule has 1 saturated heterocycles. The number of rotatable bonds is 2. The summed E-state index contributed by atoms with van der Waals surface area (Å²) in [6.07, 6.45) is 1.63. The zero-order valence-electron chi connectivity index (χ0n) is 13.2. The molecule has 24 heavy (non-hydrogen) atoms. The Morgan fingerprint density at radius 1 is 0.792 bits per heavy atom. The van der Waals surface area contributed by atoms with Crippen LogP contribution >= 0.6 is 0 Å². The Kier molecular flexibility index (Phi) is 2.67. The zero-order valence-corrected chi connectivity index (χ0v) is 13.2. The maximum Gasteiger partial charge on any atom is 0.234 e. The third-order valence-electron chi connectivity index (χ3n) is 5.85. The van der Waals surface area contributed by atoms with Crippen molar-refractivity contribution in [2.75, 3.05) is 6.54 Å². The first-order valence-electron chi connectivity index (χ1n) is 8.37. The number of carbonyl (C=O) groups is 2. The molecule has 3 heteroatoms. The second-order valence-electron chi connectivity index (χ2n) is 6.84. The molecule has 0 radical (unpaired) electrons. The summed E-state index contributed by atoms with van der Waals surface area (Å²) >= 11 is 0. The van der Waals surface area contributed by atoms with Crippen LogP contribution in [0.2, 0.25) is 0 Å². The van der Waals surface area contributed by atoms with E-state index in [-0.39, 0.29) is 35.5 Å². The van der Waals surface area contributed by atoms with E-state index in [2.05, 4.69) is 30.8 Å². The molecule has 1 heterocycles. The number of amides is 2. The molecule has 118 valence electrons. The van der Waals surface area contributed by atoms with Crippen LogP contribution in [0.3, 0.4) is 0 Å². The van der Waals surface area contributed by atoms with Crippen molar-refractivity contribution in [2.24, 2.45) is 11.8 Å². The van der Waals surface area contributed by atoms with Gasteiger partial charge in [-0.25, -0.2) is 0 Å². The van der Waals surface area contributed by atoms with Gasteiger partial charge in [-0.1, -0.05) is 54.6 Å². The Morgan fingerprint density at radius 2 is 1.17 bits per heavy atom. The lowest BCUT2D eigenvalue weighted by Crippen LogP contribution is -2.41. The van der Waals surface area contributed by atoms with Crippen molar-refractivity contribution in [2.45, 2.75) is 11.8 Å². The average molecular weight is 315 g/mol. The van der Waals surface area contributed by atoms with Crippen LogP contribution in [0.5, 0.6) is 0 Å². The molecule has 2 aromatic rings. The lowest BCUT2D eigenvalue weighted by molar-refractivity contribution is -0.139. The molecule has 0 spiro atoms. The molecule has 2 atom stereocenters. The van der Waals surface area contributed by atoms with Crippen molar-refractivity contribution >= 4 is 11.8 Å². The molecule has 0 saturated carbocycles. The minimum Gasteiger partial charge on any atom is -0.278 e. The molecule has 1 aliphatic heterocycles. The Labute approximate surface area is 140 Å². The van der Waals surface area contributed by atoms with Crippen molar-refractivity contribution in [3.05, 3.63) is 83.4 Å². The fourth-order valence-corrected chi connectivity index (χ4v) is 5.05. The highest BCUT2D eigenvalue weighted by Gasteiger charge is 2.61. The maximum atomic E-state index is 13.0. The van der Waals surface area contributed by atoms with Crippen LogP contribution in [0.25, 0.3) is 0 Å². The predicted molar refractivity (Wildman–Crippen MR) is 90.5 cm³/mol. The summed E-state index contributed by atoms with van der Waals surface area (Å²) in [6.45, 7) is 4.00. The Balaban J connectivity index is 1.78. The Morgan fingerprint density at radius 3 is 1.50 bits per heavy atom. The number of hydrogen-bond acceptors (Lipinski definition) is 2. The number of benzene rings is 2. The minimum absolute atomic E-state index is 0.0151. The van der Waals surface area contributed by atoms with Gasteiger partial charge in [-0.2, -0.15) is 0 Å². The summed E-state index contributed by atoms with van der Waals surface area (Å²) in [5, 5.41) is 0. The van der Waals surface area contributed by atoms with Crippen molar-refractivity contribution in [3.63, 3.8) is 0 Å². The van der Waals surface area contributed by atoms with Gasteiger partial charge in [-0.05, 0) is 22.3 Å². The summed E-state index contributed by atoms with van der Waals surface area (Å²) in [7, 11) is 0. The molecule has 3 nitrogen and oxygen atoms in total. The van der Waals surface area contributed by atoms with Crippen molar-refractivity contribution in [3.8, 4) is 0 Å². The SMILES string of the molecule is C=CCN1C(=O)[C@H]2C3c4ccccc4C(c4ccccc43)[C@@H]2C1=O. The van der Waals surface area contributed by atoms with Gasteiger partial charge in [0.15, 0.2) is 0 Å². The lowest BCUT2D eigenvalue weighted by Gasteiger charge is -2.45. The van der Waals surface area contributed by atoms with E-state index in [0.29, 0.717) is 6.54 Å². The third kappa shape index (κ3) is 1.47. The Hall–Kier alpha value is -2.68. The number of imide groups is 1. The highest BCUT2D eigenvalue weighted by atomic mass is 16.2. The van der Waals surface area contributed by atoms with Crippen LogP contribution in [0.15, 0.2) is 61.2 Å². The van der Waals surface area contributed by atoms with E-state index in [0.717, 1.165) is 0 Å². The molecule has 6 rings (SSSR count). The fourth-order valence-electron chi connectivity index (χ4n) is 5.05.